The predicted molar refractivity (Wildman–Crippen MR) is 75.6 cm³/mol. The molecule has 6 heteroatoms. The quantitative estimate of drug-likeness (QED) is 0.580. The van der Waals surface area contributed by atoms with E-state index < -0.39 is 6.10 Å². The Morgan fingerprint density at radius 3 is 3.06 bits per heavy atom. The number of hydrogen-bond donors (Lipinski definition) is 3. The number of aliphatic hydroxyl groups excluding tert-OH is 1. The van der Waals surface area contributed by atoms with Crippen LogP contribution in [0.15, 0.2) is 39.8 Å². The molecule has 18 heavy (non-hydrogen) atoms. The van der Waals surface area contributed by atoms with Crippen LogP contribution in [0.2, 0.25) is 0 Å². The highest BCUT2D eigenvalue weighted by molar-refractivity contribution is 7.98. The first-order valence-corrected chi connectivity index (χ1v) is 7.07. The largest absolute Gasteiger partial charge is 0.432 e. The van der Waals surface area contributed by atoms with Crippen molar-refractivity contribution in [1.82, 2.24) is 4.98 Å². The van der Waals surface area contributed by atoms with Crippen LogP contribution < -0.4 is 5.32 Å². The molecular formula is C12H14N2O2S2. The third-order valence-electron chi connectivity index (χ3n) is 2.44. The van der Waals surface area contributed by atoms with Gasteiger partial charge in [-0.3, -0.25) is 0 Å². The van der Waals surface area contributed by atoms with E-state index in [-0.39, 0.29) is 4.84 Å². The van der Waals surface area contributed by atoms with Gasteiger partial charge < -0.3 is 19.8 Å². The lowest BCUT2D eigenvalue weighted by Gasteiger charge is -2.10. The number of benzene rings is 1. The molecule has 0 amide bonds. The summed E-state index contributed by atoms with van der Waals surface area (Å²) in [5.41, 5.74) is 0.968. The number of rotatable bonds is 5. The Labute approximate surface area is 114 Å². The Balaban J connectivity index is 1.96. The van der Waals surface area contributed by atoms with Gasteiger partial charge in [0.15, 0.2) is 5.76 Å². The zero-order valence-corrected chi connectivity index (χ0v) is 11.5. The zero-order chi connectivity index (χ0) is 13.0. The van der Waals surface area contributed by atoms with Gasteiger partial charge in [0.25, 0.3) is 4.84 Å². The summed E-state index contributed by atoms with van der Waals surface area (Å²) in [6.45, 7) is 0.369. The Morgan fingerprint density at radius 1 is 1.56 bits per heavy atom. The third-order valence-corrected chi connectivity index (χ3v) is 3.37. The van der Waals surface area contributed by atoms with E-state index in [0.29, 0.717) is 12.3 Å². The van der Waals surface area contributed by atoms with E-state index in [1.54, 1.807) is 18.0 Å². The second-order valence-electron chi connectivity index (χ2n) is 3.71. The molecule has 0 saturated carbocycles. The molecule has 0 saturated heterocycles. The molecule has 0 fully saturated rings. The summed E-state index contributed by atoms with van der Waals surface area (Å²) in [6, 6.07) is 8.00. The Bertz CT molecular complexity index is 565. The monoisotopic (exact) mass is 282 g/mol. The fraction of sp³-hybridized carbons (Fsp3) is 0.250. The molecule has 1 atom stereocenters. The summed E-state index contributed by atoms with van der Waals surface area (Å²) < 4.78 is 5.14. The number of aliphatic hydroxyl groups is 1. The van der Waals surface area contributed by atoms with Crippen molar-refractivity contribution < 1.29 is 9.52 Å². The van der Waals surface area contributed by atoms with Crippen molar-refractivity contribution in [3.8, 4) is 0 Å². The van der Waals surface area contributed by atoms with Gasteiger partial charge in [0.05, 0.1) is 0 Å². The first kappa shape index (κ1) is 13.2. The fourth-order valence-corrected chi connectivity index (χ4v) is 2.12. The molecule has 0 aliphatic rings. The second kappa shape index (κ2) is 6.08. The van der Waals surface area contributed by atoms with Gasteiger partial charge in [0, 0.05) is 23.3 Å². The molecule has 0 spiro atoms. The predicted octanol–water partition coefficient (Wildman–Crippen LogP) is 3.20. The molecule has 1 heterocycles. The summed E-state index contributed by atoms with van der Waals surface area (Å²) >= 11 is 6.48. The number of H-pyrrole nitrogens is 1. The molecule has 3 N–H and O–H groups in total. The molecule has 0 aliphatic heterocycles. The SMILES string of the molecule is CSc1cccc(NCC(O)c2c[nH]c(=S)o2)c1. The molecule has 2 aromatic rings. The Kier molecular flexibility index (Phi) is 4.46. The van der Waals surface area contributed by atoms with Crippen molar-refractivity contribution in [2.24, 2.45) is 0 Å². The van der Waals surface area contributed by atoms with Gasteiger partial charge in [0.2, 0.25) is 0 Å². The number of aromatic amines is 1. The number of aromatic nitrogens is 1. The van der Waals surface area contributed by atoms with E-state index in [2.05, 4.69) is 10.3 Å². The number of hydrogen-bond acceptors (Lipinski definition) is 5. The van der Waals surface area contributed by atoms with E-state index in [1.165, 1.54) is 4.90 Å². The van der Waals surface area contributed by atoms with Gasteiger partial charge in [-0.15, -0.1) is 11.8 Å². The third kappa shape index (κ3) is 3.38. The van der Waals surface area contributed by atoms with Crippen molar-refractivity contribution in [3.63, 3.8) is 0 Å². The van der Waals surface area contributed by atoms with Crippen LogP contribution in [-0.4, -0.2) is 22.9 Å². The van der Waals surface area contributed by atoms with Crippen molar-refractivity contribution in [2.75, 3.05) is 18.1 Å². The smallest absolute Gasteiger partial charge is 0.266 e. The molecule has 1 unspecified atom stereocenters. The molecular weight excluding hydrogens is 268 g/mol. The van der Waals surface area contributed by atoms with E-state index >= 15 is 0 Å². The maximum atomic E-state index is 9.89. The molecule has 0 aliphatic carbocycles. The van der Waals surface area contributed by atoms with Crippen LogP contribution in [0.3, 0.4) is 0 Å². The van der Waals surface area contributed by atoms with Crippen LogP contribution >= 0.6 is 24.0 Å². The van der Waals surface area contributed by atoms with E-state index in [9.17, 15) is 5.11 Å². The maximum absolute atomic E-state index is 9.89. The molecule has 1 aromatic carbocycles. The minimum atomic E-state index is -0.726. The van der Waals surface area contributed by atoms with Crippen LogP contribution in [0.25, 0.3) is 0 Å². The van der Waals surface area contributed by atoms with E-state index in [0.717, 1.165) is 5.69 Å². The second-order valence-corrected chi connectivity index (χ2v) is 4.96. The summed E-state index contributed by atoms with van der Waals surface area (Å²) in [5.74, 6) is 0.438. The first-order valence-electron chi connectivity index (χ1n) is 5.43. The fourth-order valence-electron chi connectivity index (χ4n) is 1.51. The lowest BCUT2D eigenvalue weighted by molar-refractivity contribution is 0.161. The zero-order valence-electron chi connectivity index (χ0n) is 9.84. The lowest BCUT2D eigenvalue weighted by Crippen LogP contribution is -2.11. The molecule has 0 radical (unpaired) electrons. The topological polar surface area (TPSA) is 61.2 Å². The number of thioether (sulfide) groups is 1. The standard InChI is InChI=1S/C12H14N2O2S2/c1-18-9-4-2-3-8(5-9)13-6-10(15)11-7-14-12(17)16-11/h2-5,7,10,13,15H,6H2,1H3,(H,14,17). The summed E-state index contributed by atoms with van der Waals surface area (Å²) in [5, 5.41) is 13.0. The summed E-state index contributed by atoms with van der Waals surface area (Å²) in [7, 11) is 0. The van der Waals surface area contributed by atoms with Gasteiger partial charge in [-0.25, -0.2) is 0 Å². The highest BCUT2D eigenvalue weighted by Gasteiger charge is 2.10. The number of anilines is 1. The highest BCUT2D eigenvalue weighted by atomic mass is 32.2. The maximum Gasteiger partial charge on any atom is 0.266 e. The number of nitrogens with one attached hydrogen (secondary N) is 2. The van der Waals surface area contributed by atoms with Crippen molar-refractivity contribution >= 4 is 29.7 Å². The van der Waals surface area contributed by atoms with E-state index in [4.69, 9.17) is 16.6 Å². The Hall–Kier alpha value is -1.24. The van der Waals surface area contributed by atoms with Crippen LogP contribution in [0.5, 0.6) is 0 Å². The highest BCUT2D eigenvalue weighted by Crippen LogP contribution is 2.20. The average Bonchev–Trinajstić information content (AvgIpc) is 2.83. The van der Waals surface area contributed by atoms with Crippen LogP contribution in [0.1, 0.15) is 11.9 Å². The number of oxazole rings is 1. The minimum absolute atomic E-state index is 0.272. The van der Waals surface area contributed by atoms with Gasteiger partial charge in [0.1, 0.15) is 6.10 Å². The normalized spacial score (nSPS) is 12.3. The van der Waals surface area contributed by atoms with Gasteiger partial charge >= 0.3 is 0 Å². The lowest BCUT2D eigenvalue weighted by atomic mass is 10.2. The Morgan fingerprint density at radius 2 is 2.39 bits per heavy atom. The summed E-state index contributed by atoms with van der Waals surface area (Å²) in [6.07, 6.45) is 2.88. The molecule has 2 rings (SSSR count). The van der Waals surface area contributed by atoms with E-state index in [1.807, 2.05) is 30.5 Å². The van der Waals surface area contributed by atoms with Crippen LogP contribution in [0, 0.1) is 4.84 Å². The van der Waals surface area contributed by atoms with Gasteiger partial charge in [-0.2, -0.15) is 0 Å². The molecule has 4 nitrogen and oxygen atoms in total. The van der Waals surface area contributed by atoms with Crippen LogP contribution in [0.4, 0.5) is 5.69 Å². The summed E-state index contributed by atoms with van der Waals surface area (Å²) in [4.78, 5) is 4.17. The molecule has 96 valence electrons. The van der Waals surface area contributed by atoms with Gasteiger partial charge in [-0.1, -0.05) is 6.07 Å². The first-order chi connectivity index (χ1) is 8.69. The van der Waals surface area contributed by atoms with Crippen LogP contribution in [-0.2, 0) is 0 Å². The molecule has 1 aromatic heterocycles. The van der Waals surface area contributed by atoms with Gasteiger partial charge in [-0.05, 0) is 36.7 Å². The minimum Gasteiger partial charge on any atom is -0.432 e. The van der Waals surface area contributed by atoms with Crippen molar-refractivity contribution in [3.05, 3.63) is 41.1 Å². The molecule has 0 bridgehead atoms. The van der Waals surface area contributed by atoms with Crippen molar-refractivity contribution in [2.45, 2.75) is 11.0 Å². The average molecular weight is 282 g/mol. The van der Waals surface area contributed by atoms with Crippen molar-refractivity contribution in [1.29, 1.82) is 0 Å².